The maximum Gasteiger partial charge on any atom is 0.310 e. The average molecular weight is 502 g/mol. The Balaban J connectivity index is 2.36. The molecule has 0 aliphatic carbocycles. The van der Waals surface area contributed by atoms with Crippen molar-refractivity contribution in [2.24, 2.45) is 5.41 Å². The second-order valence-corrected chi connectivity index (χ2v) is 12.2. The van der Waals surface area contributed by atoms with Crippen LogP contribution in [0.3, 0.4) is 0 Å². The Labute approximate surface area is 214 Å². The first-order chi connectivity index (χ1) is 16.3. The minimum absolute atomic E-state index is 0.0510. The first kappa shape index (κ1) is 28.6. The van der Waals surface area contributed by atoms with Crippen LogP contribution in [0.25, 0.3) is 0 Å². The maximum absolute atomic E-state index is 12.5. The number of hydrogen-bond donors (Lipinski definition) is 1. The van der Waals surface area contributed by atoms with Gasteiger partial charge in [0.1, 0.15) is 5.75 Å². The fraction of sp³-hybridized carbons (Fsp3) is 0.500. The zero-order valence-corrected chi connectivity index (χ0v) is 23.1. The summed E-state index contributed by atoms with van der Waals surface area (Å²) in [7, 11) is 1.58. The first-order valence-electron chi connectivity index (χ1n) is 11.9. The minimum Gasteiger partial charge on any atom is -0.493 e. The Kier molecular flexibility index (Phi) is 10.1. The molecule has 2 aromatic rings. The van der Waals surface area contributed by atoms with Crippen molar-refractivity contribution in [1.82, 2.24) is 0 Å². The number of benzene rings is 2. The molecule has 35 heavy (non-hydrogen) atoms. The van der Waals surface area contributed by atoms with Crippen molar-refractivity contribution in [3.8, 4) is 17.2 Å². The average Bonchev–Trinajstić information content (AvgIpc) is 2.76. The van der Waals surface area contributed by atoms with Crippen molar-refractivity contribution >= 4 is 29.3 Å². The highest BCUT2D eigenvalue weighted by Gasteiger charge is 2.22. The molecule has 192 valence electrons. The molecule has 0 aromatic heterocycles. The Hall–Kier alpha value is -2.67. The summed E-state index contributed by atoms with van der Waals surface area (Å²) in [5, 5.41) is 3.00. The fourth-order valence-electron chi connectivity index (χ4n) is 2.95. The zero-order chi connectivity index (χ0) is 26.2. The van der Waals surface area contributed by atoms with Gasteiger partial charge in [-0.1, -0.05) is 54.5 Å². The van der Waals surface area contributed by atoms with Crippen LogP contribution in [-0.2, 0) is 26.5 Å². The van der Waals surface area contributed by atoms with Gasteiger partial charge in [-0.05, 0) is 42.3 Å². The topological polar surface area (TPSA) is 73.9 Å². The van der Waals surface area contributed by atoms with E-state index in [2.05, 4.69) is 26.1 Å². The lowest BCUT2D eigenvalue weighted by Crippen LogP contribution is -2.27. The van der Waals surface area contributed by atoms with E-state index in [0.717, 1.165) is 23.2 Å². The highest BCUT2D eigenvalue weighted by molar-refractivity contribution is 7.99. The molecule has 2 rings (SSSR count). The third-order valence-electron chi connectivity index (χ3n) is 4.92. The van der Waals surface area contributed by atoms with E-state index in [0.29, 0.717) is 29.6 Å². The molecular weight excluding hydrogens is 462 g/mol. The van der Waals surface area contributed by atoms with E-state index in [-0.39, 0.29) is 23.0 Å². The number of ether oxygens (including phenoxy) is 3. The number of carbonyl (C=O) groups excluding carboxylic acids is 2. The molecule has 6 nitrogen and oxygen atoms in total. The number of nitrogens with one attached hydrogen (secondary N) is 1. The summed E-state index contributed by atoms with van der Waals surface area (Å²) in [6.45, 7) is 14.5. The lowest BCUT2D eigenvalue weighted by molar-refractivity contribution is -0.142. The van der Waals surface area contributed by atoms with Crippen molar-refractivity contribution in [2.75, 3.05) is 19.0 Å². The molecule has 0 fully saturated rings. The molecule has 0 aliphatic heterocycles. The van der Waals surface area contributed by atoms with E-state index in [1.54, 1.807) is 24.9 Å². The van der Waals surface area contributed by atoms with Gasteiger partial charge in [-0.2, -0.15) is 11.8 Å². The van der Waals surface area contributed by atoms with E-state index in [9.17, 15) is 9.59 Å². The first-order valence-corrected chi connectivity index (χ1v) is 12.9. The van der Waals surface area contributed by atoms with E-state index in [1.165, 1.54) is 0 Å². The van der Waals surface area contributed by atoms with Crippen molar-refractivity contribution in [3.05, 3.63) is 47.5 Å². The van der Waals surface area contributed by atoms with Crippen LogP contribution in [0.5, 0.6) is 17.2 Å². The SMILES string of the molecule is CCCOC(=O)Cc1ccc(OC)c(Oc2ccc(NC(=O)C(C)(C)C)cc2CSC(C)(C)C)c1. The smallest absolute Gasteiger partial charge is 0.310 e. The van der Waals surface area contributed by atoms with Gasteiger partial charge in [-0.3, -0.25) is 9.59 Å². The highest BCUT2D eigenvalue weighted by atomic mass is 32.2. The van der Waals surface area contributed by atoms with Crippen molar-refractivity contribution < 1.29 is 23.8 Å². The molecule has 2 aromatic carbocycles. The van der Waals surface area contributed by atoms with Gasteiger partial charge in [0, 0.05) is 27.2 Å². The second kappa shape index (κ2) is 12.3. The van der Waals surface area contributed by atoms with Gasteiger partial charge in [0.25, 0.3) is 0 Å². The van der Waals surface area contributed by atoms with E-state index in [1.807, 2.05) is 58.0 Å². The Morgan fingerprint density at radius 1 is 0.943 bits per heavy atom. The minimum atomic E-state index is -0.498. The molecule has 0 saturated carbocycles. The van der Waals surface area contributed by atoms with Crippen LogP contribution >= 0.6 is 11.8 Å². The van der Waals surface area contributed by atoms with Crippen LogP contribution in [0.1, 0.15) is 66.0 Å². The number of hydrogen-bond acceptors (Lipinski definition) is 6. The van der Waals surface area contributed by atoms with Crippen LogP contribution in [0.4, 0.5) is 5.69 Å². The highest BCUT2D eigenvalue weighted by Crippen LogP contribution is 2.38. The zero-order valence-electron chi connectivity index (χ0n) is 22.2. The molecular formula is C28H39NO5S. The van der Waals surface area contributed by atoms with E-state index < -0.39 is 5.41 Å². The number of amides is 1. The normalized spacial score (nSPS) is 11.7. The summed E-state index contributed by atoms with van der Waals surface area (Å²) in [4.78, 5) is 24.6. The number of carbonyl (C=O) groups is 2. The molecule has 0 aliphatic rings. The van der Waals surface area contributed by atoms with Gasteiger partial charge in [0.15, 0.2) is 11.5 Å². The third kappa shape index (κ3) is 9.48. The van der Waals surface area contributed by atoms with Gasteiger partial charge >= 0.3 is 5.97 Å². The third-order valence-corrected chi connectivity index (χ3v) is 6.25. The summed E-state index contributed by atoms with van der Waals surface area (Å²) in [6, 6.07) is 11.1. The van der Waals surface area contributed by atoms with Gasteiger partial charge in [-0.25, -0.2) is 0 Å². The largest absolute Gasteiger partial charge is 0.493 e. The molecule has 0 bridgehead atoms. The molecule has 1 amide bonds. The van der Waals surface area contributed by atoms with Crippen LogP contribution in [0.15, 0.2) is 36.4 Å². The van der Waals surface area contributed by atoms with Crippen molar-refractivity contribution in [2.45, 2.75) is 71.8 Å². The molecule has 0 unspecified atom stereocenters. The van der Waals surface area contributed by atoms with E-state index in [4.69, 9.17) is 14.2 Å². The lowest BCUT2D eigenvalue weighted by atomic mass is 9.95. The fourth-order valence-corrected chi connectivity index (χ4v) is 3.76. The van der Waals surface area contributed by atoms with Crippen LogP contribution in [0.2, 0.25) is 0 Å². The molecule has 1 N–H and O–H groups in total. The second-order valence-electron chi connectivity index (χ2n) is 10.4. The van der Waals surface area contributed by atoms with Crippen LogP contribution in [0, 0.1) is 5.41 Å². The summed E-state index contributed by atoms with van der Waals surface area (Å²) in [5.41, 5.74) is 1.95. The Bertz CT molecular complexity index is 1020. The number of rotatable bonds is 10. The standard InChI is InChI=1S/C28H39NO5S/c1-9-14-33-25(30)16-19-10-12-23(32-8)24(15-19)34-22-13-11-21(29-26(31)27(2,3)4)17-20(22)18-35-28(5,6)7/h10-13,15,17H,9,14,16,18H2,1-8H3,(H,29,31). The van der Waals surface area contributed by atoms with Gasteiger partial charge in [-0.15, -0.1) is 0 Å². The summed E-state index contributed by atoms with van der Waals surface area (Å²) in [5.74, 6) is 2.12. The molecule has 0 atom stereocenters. The number of esters is 1. The van der Waals surface area contributed by atoms with Gasteiger partial charge < -0.3 is 19.5 Å². The number of methoxy groups -OCH3 is 1. The Morgan fingerprint density at radius 3 is 2.23 bits per heavy atom. The van der Waals surface area contributed by atoms with Crippen molar-refractivity contribution in [3.63, 3.8) is 0 Å². The van der Waals surface area contributed by atoms with E-state index >= 15 is 0 Å². The van der Waals surface area contributed by atoms with Crippen LogP contribution < -0.4 is 14.8 Å². The van der Waals surface area contributed by atoms with Gasteiger partial charge in [0.05, 0.1) is 20.1 Å². The molecule has 0 saturated heterocycles. The molecule has 0 radical (unpaired) electrons. The number of anilines is 1. The molecule has 0 heterocycles. The predicted molar refractivity (Wildman–Crippen MR) is 144 cm³/mol. The summed E-state index contributed by atoms with van der Waals surface area (Å²) >= 11 is 1.79. The maximum atomic E-state index is 12.5. The van der Waals surface area contributed by atoms with Crippen LogP contribution in [-0.4, -0.2) is 30.3 Å². The molecule has 0 spiro atoms. The predicted octanol–water partition coefficient (Wildman–Crippen LogP) is 7.00. The summed E-state index contributed by atoms with van der Waals surface area (Å²) < 4.78 is 17.1. The monoisotopic (exact) mass is 501 g/mol. The summed E-state index contributed by atoms with van der Waals surface area (Å²) in [6.07, 6.45) is 0.940. The lowest BCUT2D eigenvalue weighted by Gasteiger charge is -2.21. The quantitative estimate of drug-likeness (QED) is 0.353. The Morgan fingerprint density at radius 2 is 1.63 bits per heavy atom. The molecule has 7 heteroatoms. The van der Waals surface area contributed by atoms with Gasteiger partial charge in [0.2, 0.25) is 5.91 Å². The number of thioether (sulfide) groups is 1. The van der Waals surface area contributed by atoms with Crippen molar-refractivity contribution in [1.29, 1.82) is 0 Å².